The van der Waals surface area contributed by atoms with Crippen LogP contribution in [0.3, 0.4) is 0 Å². The van der Waals surface area contributed by atoms with Gasteiger partial charge in [0.25, 0.3) is 0 Å². The number of rotatable bonds is 2. The lowest BCUT2D eigenvalue weighted by Crippen LogP contribution is -2.39. The van der Waals surface area contributed by atoms with Gasteiger partial charge in [0.15, 0.2) is 0 Å². The number of hydrogen-bond donors (Lipinski definition) is 0. The fourth-order valence-electron chi connectivity index (χ4n) is 3.81. The van der Waals surface area contributed by atoms with Crippen LogP contribution in [0.25, 0.3) is 0 Å². The smallest absolute Gasteiger partial charge is 0.239 e. The third-order valence-electron chi connectivity index (χ3n) is 5.46. The van der Waals surface area contributed by atoms with Crippen molar-refractivity contribution in [3.63, 3.8) is 0 Å². The van der Waals surface area contributed by atoms with Gasteiger partial charge in [-0.25, -0.2) is 0 Å². The van der Waals surface area contributed by atoms with E-state index in [-0.39, 0.29) is 11.8 Å². The molecule has 4 nitrogen and oxygen atoms in total. The number of benzene rings is 2. The van der Waals surface area contributed by atoms with E-state index in [1.165, 1.54) is 11.1 Å². The molecule has 0 saturated carbocycles. The number of anilines is 2. The zero-order chi connectivity index (χ0) is 17.6. The summed E-state index contributed by atoms with van der Waals surface area (Å²) in [4.78, 5) is 29.4. The second-order valence-electron chi connectivity index (χ2n) is 6.97. The first-order valence-corrected chi connectivity index (χ1v) is 8.84. The summed E-state index contributed by atoms with van der Waals surface area (Å²) in [5, 5.41) is 0. The van der Waals surface area contributed by atoms with Crippen LogP contribution in [0.15, 0.2) is 42.5 Å². The molecule has 0 aromatic heterocycles. The second-order valence-corrected chi connectivity index (χ2v) is 6.97. The van der Waals surface area contributed by atoms with Gasteiger partial charge in [0, 0.05) is 24.5 Å². The standard InChI is InChI=1S/C21H22N2O2/c1-14-7-8-17(13-15(14)2)22-12-10-18(20(22)24)21(25)23-11-9-16-5-3-4-6-19(16)23/h3-8,13,18H,9-12H2,1-2H3/t18-/m1/s1. The zero-order valence-electron chi connectivity index (χ0n) is 14.7. The summed E-state index contributed by atoms with van der Waals surface area (Å²) in [6.07, 6.45) is 1.45. The highest BCUT2D eigenvalue weighted by molar-refractivity contribution is 6.14. The maximum atomic E-state index is 13.0. The third-order valence-corrected chi connectivity index (χ3v) is 5.46. The minimum atomic E-state index is -0.562. The van der Waals surface area contributed by atoms with Gasteiger partial charge in [-0.05, 0) is 61.6 Å². The van der Waals surface area contributed by atoms with Crippen LogP contribution in [-0.2, 0) is 16.0 Å². The maximum absolute atomic E-state index is 13.0. The molecule has 4 rings (SSSR count). The van der Waals surface area contributed by atoms with E-state index >= 15 is 0 Å². The molecule has 0 N–H and O–H groups in total. The molecule has 2 aromatic carbocycles. The summed E-state index contributed by atoms with van der Waals surface area (Å²) in [6, 6.07) is 14.0. The van der Waals surface area contributed by atoms with Gasteiger partial charge in [0.1, 0.15) is 5.92 Å². The van der Waals surface area contributed by atoms with Crippen molar-refractivity contribution in [1.82, 2.24) is 0 Å². The molecule has 0 aliphatic carbocycles. The normalized spacial score (nSPS) is 19.4. The zero-order valence-corrected chi connectivity index (χ0v) is 14.7. The van der Waals surface area contributed by atoms with Crippen molar-refractivity contribution in [1.29, 1.82) is 0 Å². The van der Waals surface area contributed by atoms with Gasteiger partial charge >= 0.3 is 0 Å². The first-order chi connectivity index (χ1) is 12.1. The van der Waals surface area contributed by atoms with Crippen LogP contribution >= 0.6 is 0 Å². The molecule has 1 saturated heterocycles. The predicted octanol–water partition coefficient (Wildman–Crippen LogP) is 3.25. The Morgan fingerprint density at radius 2 is 1.84 bits per heavy atom. The largest absolute Gasteiger partial charge is 0.312 e. The summed E-state index contributed by atoms with van der Waals surface area (Å²) < 4.78 is 0. The van der Waals surface area contributed by atoms with E-state index in [0.29, 0.717) is 19.5 Å². The first kappa shape index (κ1) is 15.9. The molecule has 0 bridgehead atoms. The van der Waals surface area contributed by atoms with Crippen molar-refractivity contribution in [3.05, 3.63) is 59.2 Å². The van der Waals surface area contributed by atoms with Crippen LogP contribution in [0.5, 0.6) is 0 Å². The van der Waals surface area contributed by atoms with E-state index in [0.717, 1.165) is 23.4 Å². The van der Waals surface area contributed by atoms with Crippen LogP contribution in [0.4, 0.5) is 11.4 Å². The number of aryl methyl sites for hydroxylation is 2. The van der Waals surface area contributed by atoms with E-state index in [2.05, 4.69) is 13.0 Å². The van der Waals surface area contributed by atoms with Gasteiger partial charge in [0.2, 0.25) is 11.8 Å². The van der Waals surface area contributed by atoms with Gasteiger partial charge in [0.05, 0.1) is 0 Å². The molecular formula is C21H22N2O2. The number of nitrogens with zero attached hydrogens (tertiary/aromatic N) is 2. The molecule has 128 valence electrons. The lowest BCUT2D eigenvalue weighted by atomic mass is 10.1. The lowest BCUT2D eigenvalue weighted by molar-refractivity contribution is -0.130. The number of para-hydroxylation sites is 1. The van der Waals surface area contributed by atoms with Gasteiger partial charge in [-0.3, -0.25) is 9.59 Å². The Morgan fingerprint density at radius 3 is 2.64 bits per heavy atom. The van der Waals surface area contributed by atoms with Gasteiger partial charge < -0.3 is 9.80 Å². The molecule has 2 heterocycles. The van der Waals surface area contributed by atoms with Crippen LogP contribution < -0.4 is 9.80 Å². The van der Waals surface area contributed by atoms with Crippen LogP contribution in [0, 0.1) is 19.8 Å². The Bertz CT molecular complexity index is 859. The van der Waals surface area contributed by atoms with E-state index in [4.69, 9.17) is 0 Å². The first-order valence-electron chi connectivity index (χ1n) is 8.84. The molecule has 2 aliphatic rings. The minimum Gasteiger partial charge on any atom is -0.312 e. The Hall–Kier alpha value is -2.62. The highest BCUT2D eigenvalue weighted by atomic mass is 16.2. The Kier molecular flexibility index (Phi) is 3.83. The molecule has 2 aromatic rings. The van der Waals surface area contributed by atoms with Gasteiger partial charge in [-0.15, -0.1) is 0 Å². The number of amides is 2. The predicted molar refractivity (Wildman–Crippen MR) is 98.9 cm³/mol. The fourth-order valence-corrected chi connectivity index (χ4v) is 3.81. The Labute approximate surface area is 148 Å². The molecule has 25 heavy (non-hydrogen) atoms. The van der Waals surface area contributed by atoms with Crippen molar-refractivity contribution in [2.45, 2.75) is 26.7 Å². The van der Waals surface area contributed by atoms with Gasteiger partial charge in [-0.2, -0.15) is 0 Å². The molecule has 0 radical (unpaired) electrons. The van der Waals surface area contributed by atoms with Crippen LogP contribution in [-0.4, -0.2) is 24.9 Å². The third kappa shape index (κ3) is 2.62. The van der Waals surface area contributed by atoms with Crippen LogP contribution in [0.1, 0.15) is 23.1 Å². The quantitative estimate of drug-likeness (QED) is 0.791. The summed E-state index contributed by atoms with van der Waals surface area (Å²) in [7, 11) is 0. The molecule has 1 atom stereocenters. The monoisotopic (exact) mass is 334 g/mol. The highest BCUT2D eigenvalue weighted by Crippen LogP contribution is 2.33. The van der Waals surface area contributed by atoms with E-state index in [9.17, 15) is 9.59 Å². The average Bonchev–Trinajstić information content (AvgIpc) is 3.21. The summed E-state index contributed by atoms with van der Waals surface area (Å²) in [5.41, 5.74) is 5.41. The molecule has 1 fully saturated rings. The van der Waals surface area contributed by atoms with Crippen molar-refractivity contribution in [2.75, 3.05) is 22.9 Å². The SMILES string of the molecule is Cc1ccc(N2CC[C@@H](C(=O)N3CCc4ccccc43)C2=O)cc1C. The number of fused-ring (bicyclic) bond motifs is 1. The number of carbonyl (C=O) groups excluding carboxylic acids is 2. The van der Waals surface area contributed by atoms with Crippen LogP contribution in [0.2, 0.25) is 0 Å². The van der Waals surface area contributed by atoms with E-state index in [1.807, 2.05) is 43.3 Å². The fraction of sp³-hybridized carbons (Fsp3) is 0.333. The van der Waals surface area contributed by atoms with Crippen molar-refractivity contribution in [3.8, 4) is 0 Å². The van der Waals surface area contributed by atoms with Crippen molar-refractivity contribution < 1.29 is 9.59 Å². The molecule has 2 amide bonds. The molecule has 2 aliphatic heterocycles. The maximum Gasteiger partial charge on any atom is 0.239 e. The Balaban J connectivity index is 1.56. The second kappa shape index (κ2) is 6.03. The van der Waals surface area contributed by atoms with Crippen molar-refractivity contribution in [2.24, 2.45) is 5.92 Å². The Morgan fingerprint density at radius 1 is 1.04 bits per heavy atom. The summed E-state index contributed by atoms with van der Waals surface area (Å²) >= 11 is 0. The molecule has 4 heteroatoms. The summed E-state index contributed by atoms with van der Waals surface area (Å²) in [5.74, 6) is -0.688. The highest BCUT2D eigenvalue weighted by Gasteiger charge is 2.41. The summed E-state index contributed by atoms with van der Waals surface area (Å²) in [6.45, 7) is 5.38. The van der Waals surface area contributed by atoms with E-state index in [1.54, 1.807) is 9.80 Å². The lowest BCUT2D eigenvalue weighted by Gasteiger charge is -2.22. The minimum absolute atomic E-state index is 0.0544. The number of carbonyl (C=O) groups is 2. The van der Waals surface area contributed by atoms with E-state index < -0.39 is 5.92 Å². The molecular weight excluding hydrogens is 312 g/mol. The number of hydrogen-bond acceptors (Lipinski definition) is 2. The molecule has 0 unspecified atom stereocenters. The topological polar surface area (TPSA) is 40.6 Å². The van der Waals surface area contributed by atoms with Crippen molar-refractivity contribution >= 4 is 23.2 Å². The average molecular weight is 334 g/mol. The molecule has 0 spiro atoms. The van der Waals surface area contributed by atoms with Gasteiger partial charge in [-0.1, -0.05) is 24.3 Å².